The Hall–Kier alpha value is -1.53. The first-order chi connectivity index (χ1) is 10.5. The molecule has 2 heterocycles. The molecule has 1 amide bonds. The molecule has 1 aromatic rings. The molecule has 0 bridgehead atoms. The predicted molar refractivity (Wildman–Crippen MR) is 79.1 cm³/mol. The Morgan fingerprint density at radius 3 is 2.73 bits per heavy atom. The quantitative estimate of drug-likeness (QED) is 0.877. The molecule has 2 saturated heterocycles. The largest absolute Gasteiger partial charge is 0.338 e. The van der Waals surface area contributed by atoms with Gasteiger partial charge in [0.05, 0.1) is 0 Å². The third-order valence-electron chi connectivity index (χ3n) is 4.73. The van der Waals surface area contributed by atoms with Crippen molar-refractivity contribution in [3.8, 4) is 0 Å². The number of likely N-dealkylation sites (tertiary alicyclic amines) is 1. The number of carbonyl (C=O) groups excluding carboxylic acids is 1. The average Bonchev–Trinajstić information content (AvgIpc) is 2.92. The summed E-state index contributed by atoms with van der Waals surface area (Å²) in [5.41, 5.74) is 6.83. The van der Waals surface area contributed by atoms with Gasteiger partial charge in [0.2, 0.25) is 0 Å². The molecule has 0 radical (unpaired) electrons. The Balaban J connectivity index is 1.75. The fourth-order valence-corrected chi connectivity index (χ4v) is 3.49. The lowest BCUT2D eigenvalue weighted by Gasteiger charge is -2.37. The zero-order valence-corrected chi connectivity index (χ0v) is 12.8. The summed E-state index contributed by atoms with van der Waals surface area (Å²) in [6.45, 7) is 5.56. The van der Waals surface area contributed by atoms with E-state index in [2.05, 4.69) is 24.7 Å². The maximum Gasteiger partial charge on any atom is 0.253 e. The standard InChI is InChI=1S/C16H21F2N3O/c1-9(2)15-11-8-21(6-5-14(11)19-20-15)16(22)10-3-4-12(17)13(18)7-10/h3-4,7,9,11,14-15,19-20H,5-6,8H2,1-2H3. The molecular formula is C16H21F2N3O. The van der Waals surface area contributed by atoms with Crippen LogP contribution in [0.1, 0.15) is 30.6 Å². The minimum absolute atomic E-state index is 0.206. The van der Waals surface area contributed by atoms with Crippen LogP contribution < -0.4 is 10.9 Å². The van der Waals surface area contributed by atoms with Gasteiger partial charge < -0.3 is 4.90 Å². The molecule has 0 aromatic heterocycles. The second-order valence-corrected chi connectivity index (χ2v) is 6.50. The SMILES string of the molecule is CC(C)C1NNC2CCN(C(=O)c3ccc(F)c(F)c3)CC21. The highest BCUT2D eigenvalue weighted by molar-refractivity contribution is 5.94. The maximum absolute atomic E-state index is 13.3. The molecule has 120 valence electrons. The topological polar surface area (TPSA) is 44.4 Å². The third-order valence-corrected chi connectivity index (χ3v) is 4.73. The van der Waals surface area contributed by atoms with Crippen LogP contribution in [0.25, 0.3) is 0 Å². The highest BCUT2D eigenvalue weighted by Gasteiger charge is 2.42. The highest BCUT2D eigenvalue weighted by atomic mass is 19.2. The molecule has 6 heteroatoms. The van der Waals surface area contributed by atoms with Crippen LogP contribution in [0.15, 0.2) is 18.2 Å². The number of hydrazine groups is 1. The molecule has 3 unspecified atom stereocenters. The van der Waals surface area contributed by atoms with E-state index >= 15 is 0 Å². The number of nitrogens with one attached hydrogen (secondary N) is 2. The molecular weight excluding hydrogens is 288 g/mol. The number of benzene rings is 1. The van der Waals surface area contributed by atoms with Gasteiger partial charge in [0.1, 0.15) is 0 Å². The Bertz CT molecular complexity index is 579. The lowest BCUT2D eigenvalue weighted by Crippen LogP contribution is -2.49. The number of carbonyl (C=O) groups is 1. The molecule has 3 atom stereocenters. The van der Waals surface area contributed by atoms with E-state index in [9.17, 15) is 13.6 Å². The smallest absolute Gasteiger partial charge is 0.253 e. The van der Waals surface area contributed by atoms with E-state index < -0.39 is 11.6 Å². The molecule has 2 aliphatic rings. The number of nitrogens with zero attached hydrogens (tertiary/aromatic N) is 1. The molecule has 2 N–H and O–H groups in total. The highest BCUT2D eigenvalue weighted by Crippen LogP contribution is 2.28. The minimum atomic E-state index is -0.981. The van der Waals surface area contributed by atoms with Gasteiger partial charge in [0.15, 0.2) is 11.6 Å². The first-order valence-electron chi connectivity index (χ1n) is 7.72. The second kappa shape index (κ2) is 5.93. The lowest BCUT2D eigenvalue weighted by atomic mass is 9.83. The van der Waals surface area contributed by atoms with Crippen LogP contribution in [0.2, 0.25) is 0 Å². The van der Waals surface area contributed by atoms with Crippen LogP contribution in [-0.2, 0) is 0 Å². The minimum Gasteiger partial charge on any atom is -0.338 e. The van der Waals surface area contributed by atoms with Gasteiger partial charge in [-0.15, -0.1) is 0 Å². The van der Waals surface area contributed by atoms with Crippen molar-refractivity contribution in [3.05, 3.63) is 35.4 Å². The summed E-state index contributed by atoms with van der Waals surface area (Å²) >= 11 is 0. The van der Waals surface area contributed by atoms with Crippen molar-refractivity contribution in [1.82, 2.24) is 15.8 Å². The number of rotatable bonds is 2. The van der Waals surface area contributed by atoms with E-state index in [0.29, 0.717) is 37.0 Å². The first kappa shape index (κ1) is 15.4. The molecule has 0 saturated carbocycles. The first-order valence-corrected chi connectivity index (χ1v) is 7.72. The van der Waals surface area contributed by atoms with Gasteiger partial charge in [-0.2, -0.15) is 0 Å². The van der Waals surface area contributed by atoms with Crippen molar-refractivity contribution in [1.29, 1.82) is 0 Å². The number of halogens is 2. The summed E-state index contributed by atoms with van der Waals surface area (Å²) in [5.74, 6) is -1.35. The van der Waals surface area contributed by atoms with Gasteiger partial charge >= 0.3 is 0 Å². The van der Waals surface area contributed by atoms with Gasteiger partial charge in [-0.1, -0.05) is 13.8 Å². The molecule has 0 spiro atoms. The van der Waals surface area contributed by atoms with Crippen molar-refractivity contribution in [2.24, 2.45) is 11.8 Å². The lowest BCUT2D eigenvalue weighted by molar-refractivity contribution is 0.0642. The Labute approximate surface area is 128 Å². The van der Waals surface area contributed by atoms with Gasteiger partial charge in [-0.25, -0.2) is 8.78 Å². The van der Waals surface area contributed by atoms with E-state index in [1.165, 1.54) is 6.07 Å². The van der Waals surface area contributed by atoms with E-state index in [1.54, 1.807) is 4.90 Å². The van der Waals surface area contributed by atoms with E-state index in [1.807, 2.05) is 0 Å². The van der Waals surface area contributed by atoms with E-state index in [4.69, 9.17) is 0 Å². The second-order valence-electron chi connectivity index (χ2n) is 6.50. The summed E-state index contributed by atoms with van der Waals surface area (Å²) in [5, 5.41) is 0. The third kappa shape index (κ3) is 2.73. The fraction of sp³-hybridized carbons (Fsp3) is 0.562. The number of amides is 1. The van der Waals surface area contributed by atoms with Gasteiger partial charge in [0.25, 0.3) is 5.91 Å². The van der Waals surface area contributed by atoms with Gasteiger partial charge in [-0.3, -0.25) is 15.6 Å². The zero-order chi connectivity index (χ0) is 15.9. The monoisotopic (exact) mass is 309 g/mol. The fourth-order valence-electron chi connectivity index (χ4n) is 3.49. The van der Waals surface area contributed by atoms with Crippen LogP contribution in [0, 0.1) is 23.5 Å². The Morgan fingerprint density at radius 1 is 1.27 bits per heavy atom. The summed E-state index contributed by atoms with van der Waals surface area (Å²) in [6.07, 6.45) is 0.857. The normalized spacial score (nSPS) is 28.0. The van der Waals surface area contributed by atoms with E-state index in [-0.39, 0.29) is 11.5 Å². The molecule has 22 heavy (non-hydrogen) atoms. The van der Waals surface area contributed by atoms with Crippen molar-refractivity contribution < 1.29 is 13.6 Å². The van der Waals surface area contributed by atoms with Crippen LogP contribution in [0.3, 0.4) is 0 Å². The Morgan fingerprint density at radius 2 is 2.05 bits per heavy atom. The summed E-state index contributed by atoms with van der Waals surface area (Å²) in [4.78, 5) is 14.3. The molecule has 4 nitrogen and oxygen atoms in total. The molecule has 1 aromatic carbocycles. The van der Waals surface area contributed by atoms with Crippen LogP contribution in [0.4, 0.5) is 8.78 Å². The van der Waals surface area contributed by atoms with Gasteiger partial charge in [-0.05, 0) is 30.5 Å². The predicted octanol–water partition coefficient (Wildman–Crippen LogP) is 1.93. The molecule has 2 aliphatic heterocycles. The average molecular weight is 309 g/mol. The van der Waals surface area contributed by atoms with Crippen molar-refractivity contribution in [3.63, 3.8) is 0 Å². The molecule has 0 aliphatic carbocycles. The van der Waals surface area contributed by atoms with Crippen molar-refractivity contribution >= 4 is 5.91 Å². The molecule has 3 rings (SSSR count). The number of hydrogen-bond donors (Lipinski definition) is 2. The number of fused-ring (bicyclic) bond motifs is 1. The summed E-state index contributed by atoms with van der Waals surface area (Å²) in [6, 6.07) is 4.00. The van der Waals surface area contributed by atoms with Crippen molar-refractivity contribution in [2.75, 3.05) is 13.1 Å². The van der Waals surface area contributed by atoms with Crippen LogP contribution in [-0.4, -0.2) is 36.0 Å². The number of piperidine rings is 1. The molecule has 2 fully saturated rings. The van der Waals surface area contributed by atoms with Gasteiger partial charge in [0, 0.05) is 36.7 Å². The summed E-state index contributed by atoms with van der Waals surface area (Å²) < 4.78 is 26.3. The Kier molecular flexibility index (Phi) is 4.14. The van der Waals surface area contributed by atoms with E-state index in [0.717, 1.165) is 18.6 Å². The van der Waals surface area contributed by atoms with Crippen molar-refractivity contribution in [2.45, 2.75) is 32.4 Å². The maximum atomic E-state index is 13.3. The van der Waals surface area contributed by atoms with Crippen LogP contribution in [0.5, 0.6) is 0 Å². The summed E-state index contributed by atoms with van der Waals surface area (Å²) in [7, 11) is 0. The zero-order valence-electron chi connectivity index (χ0n) is 12.8. The van der Waals surface area contributed by atoms with Crippen LogP contribution >= 0.6 is 0 Å². The number of hydrogen-bond acceptors (Lipinski definition) is 3.